The molecule has 82 valence electrons. The van der Waals surface area contributed by atoms with E-state index in [2.05, 4.69) is 17.1 Å². The van der Waals surface area contributed by atoms with Crippen molar-refractivity contribution in [3.8, 4) is 0 Å². The topological polar surface area (TPSA) is 33.1 Å². The molecule has 16 heavy (non-hydrogen) atoms. The predicted molar refractivity (Wildman–Crippen MR) is 64.2 cm³/mol. The van der Waals surface area contributed by atoms with Gasteiger partial charge in [0, 0.05) is 24.4 Å². The van der Waals surface area contributed by atoms with E-state index in [0.717, 1.165) is 5.69 Å². The van der Waals surface area contributed by atoms with E-state index in [9.17, 15) is 0 Å². The van der Waals surface area contributed by atoms with Crippen LogP contribution >= 0.6 is 0 Å². The fourth-order valence-corrected chi connectivity index (χ4v) is 1.88. The first-order valence-corrected chi connectivity index (χ1v) is 5.48. The summed E-state index contributed by atoms with van der Waals surface area (Å²) in [5, 5.41) is 9.13. The van der Waals surface area contributed by atoms with Crippen molar-refractivity contribution in [3.63, 3.8) is 0 Å². The maximum Gasteiger partial charge on any atom is 0.0479 e. The number of pyridine rings is 1. The molecular weight excluding hydrogens is 198 g/mol. The number of benzene rings is 1. The molecule has 1 atom stereocenters. The van der Waals surface area contributed by atoms with Gasteiger partial charge in [0.15, 0.2) is 0 Å². The van der Waals surface area contributed by atoms with Crippen LogP contribution in [0.4, 0.5) is 0 Å². The molecule has 2 nitrogen and oxygen atoms in total. The first-order valence-electron chi connectivity index (χ1n) is 5.48. The minimum atomic E-state index is 0.177. The molecule has 0 radical (unpaired) electrons. The Hall–Kier alpha value is -1.67. The quantitative estimate of drug-likeness (QED) is 0.846. The SMILES string of the molecule is OCCC(c1ccccc1)c1ccccn1. The zero-order valence-corrected chi connectivity index (χ0v) is 9.08. The Kier molecular flexibility index (Phi) is 3.67. The van der Waals surface area contributed by atoms with Gasteiger partial charge < -0.3 is 5.11 Å². The van der Waals surface area contributed by atoms with Gasteiger partial charge in [-0.1, -0.05) is 36.4 Å². The summed E-state index contributed by atoms with van der Waals surface area (Å²) in [4.78, 5) is 4.36. The van der Waals surface area contributed by atoms with Crippen molar-refractivity contribution in [2.45, 2.75) is 12.3 Å². The van der Waals surface area contributed by atoms with Crippen LogP contribution in [0.25, 0.3) is 0 Å². The minimum Gasteiger partial charge on any atom is -0.396 e. The van der Waals surface area contributed by atoms with E-state index in [1.807, 2.05) is 36.4 Å². The Balaban J connectivity index is 2.31. The highest BCUT2D eigenvalue weighted by Crippen LogP contribution is 2.25. The molecule has 0 bridgehead atoms. The summed E-state index contributed by atoms with van der Waals surface area (Å²) >= 11 is 0. The lowest BCUT2D eigenvalue weighted by molar-refractivity contribution is 0.281. The molecule has 1 N–H and O–H groups in total. The van der Waals surface area contributed by atoms with Gasteiger partial charge in [-0.05, 0) is 24.1 Å². The molecular formula is C14H15NO. The van der Waals surface area contributed by atoms with Crippen molar-refractivity contribution in [2.24, 2.45) is 0 Å². The van der Waals surface area contributed by atoms with E-state index in [1.165, 1.54) is 5.56 Å². The lowest BCUT2D eigenvalue weighted by Crippen LogP contribution is -2.05. The second kappa shape index (κ2) is 5.42. The van der Waals surface area contributed by atoms with Crippen LogP contribution in [0.15, 0.2) is 54.7 Å². The first kappa shape index (κ1) is 10.8. The molecule has 0 aliphatic carbocycles. The van der Waals surface area contributed by atoms with Gasteiger partial charge in [0.1, 0.15) is 0 Å². The molecule has 0 aliphatic heterocycles. The molecule has 2 aromatic rings. The Bertz CT molecular complexity index is 374. The zero-order valence-electron chi connectivity index (χ0n) is 9.08. The van der Waals surface area contributed by atoms with E-state index in [-0.39, 0.29) is 12.5 Å². The highest BCUT2D eigenvalue weighted by Gasteiger charge is 2.13. The molecule has 1 unspecified atom stereocenters. The maximum absolute atomic E-state index is 9.13. The monoisotopic (exact) mass is 213 g/mol. The number of aliphatic hydroxyl groups is 1. The molecule has 2 rings (SSSR count). The van der Waals surface area contributed by atoms with Crippen LogP contribution in [0.5, 0.6) is 0 Å². The third-order valence-corrected chi connectivity index (χ3v) is 2.66. The lowest BCUT2D eigenvalue weighted by atomic mass is 9.92. The van der Waals surface area contributed by atoms with Gasteiger partial charge in [-0.3, -0.25) is 4.98 Å². The standard InChI is InChI=1S/C14H15NO/c16-11-9-13(12-6-2-1-3-7-12)14-8-4-5-10-15-14/h1-8,10,13,16H,9,11H2. The van der Waals surface area contributed by atoms with Gasteiger partial charge in [-0.2, -0.15) is 0 Å². The van der Waals surface area contributed by atoms with Crippen LogP contribution in [0.2, 0.25) is 0 Å². The van der Waals surface area contributed by atoms with Gasteiger partial charge >= 0.3 is 0 Å². The molecule has 0 saturated carbocycles. The Morgan fingerprint density at radius 1 is 1.00 bits per heavy atom. The van der Waals surface area contributed by atoms with Gasteiger partial charge in [-0.15, -0.1) is 0 Å². The van der Waals surface area contributed by atoms with Crippen molar-refractivity contribution in [1.82, 2.24) is 4.98 Å². The summed E-state index contributed by atoms with van der Waals surface area (Å²) in [5.74, 6) is 0.187. The average molecular weight is 213 g/mol. The minimum absolute atomic E-state index is 0.177. The first-order chi connectivity index (χ1) is 7.92. The number of nitrogens with zero attached hydrogens (tertiary/aromatic N) is 1. The molecule has 0 aliphatic rings. The molecule has 0 spiro atoms. The molecule has 1 aromatic heterocycles. The highest BCUT2D eigenvalue weighted by atomic mass is 16.3. The summed E-state index contributed by atoms with van der Waals surface area (Å²) in [6.45, 7) is 0.177. The van der Waals surface area contributed by atoms with Crippen molar-refractivity contribution in [3.05, 3.63) is 66.0 Å². The summed E-state index contributed by atoms with van der Waals surface area (Å²) in [7, 11) is 0. The van der Waals surface area contributed by atoms with Crippen molar-refractivity contribution < 1.29 is 5.11 Å². The van der Waals surface area contributed by atoms with Gasteiger partial charge in [0.25, 0.3) is 0 Å². The molecule has 2 heteroatoms. The Morgan fingerprint density at radius 2 is 1.75 bits per heavy atom. The smallest absolute Gasteiger partial charge is 0.0479 e. The van der Waals surface area contributed by atoms with Crippen LogP contribution in [-0.2, 0) is 0 Å². The van der Waals surface area contributed by atoms with Gasteiger partial charge in [-0.25, -0.2) is 0 Å². The van der Waals surface area contributed by atoms with Crippen LogP contribution in [0.1, 0.15) is 23.6 Å². The van der Waals surface area contributed by atoms with E-state index in [0.29, 0.717) is 6.42 Å². The van der Waals surface area contributed by atoms with E-state index >= 15 is 0 Å². The summed E-state index contributed by atoms with van der Waals surface area (Å²) < 4.78 is 0. The Morgan fingerprint density at radius 3 is 2.38 bits per heavy atom. The van der Waals surface area contributed by atoms with E-state index < -0.39 is 0 Å². The maximum atomic E-state index is 9.13. The van der Waals surface area contributed by atoms with Crippen molar-refractivity contribution in [1.29, 1.82) is 0 Å². The highest BCUT2D eigenvalue weighted by molar-refractivity contribution is 5.28. The molecule has 0 fully saturated rings. The largest absolute Gasteiger partial charge is 0.396 e. The van der Waals surface area contributed by atoms with Crippen LogP contribution in [0.3, 0.4) is 0 Å². The lowest BCUT2D eigenvalue weighted by Gasteiger charge is -2.15. The summed E-state index contributed by atoms with van der Waals surface area (Å²) in [6, 6.07) is 16.1. The normalized spacial score (nSPS) is 12.3. The van der Waals surface area contributed by atoms with Crippen LogP contribution in [-0.4, -0.2) is 16.7 Å². The number of aliphatic hydroxyl groups excluding tert-OH is 1. The number of hydrogen-bond donors (Lipinski definition) is 1. The van der Waals surface area contributed by atoms with E-state index in [1.54, 1.807) is 6.20 Å². The van der Waals surface area contributed by atoms with Crippen LogP contribution in [0, 0.1) is 0 Å². The third-order valence-electron chi connectivity index (χ3n) is 2.66. The van der Waals surface area contributed by atoms with Gasteiger partial charge in [0.2, 0.25) is 0 Å². The third kappa shape index (κ3) is 2.47. The number of rotatable bonds is 4. The molecule has 1 aromatic carbocycles. The Labute approximate surface area is 95.6 Å². The predicted octanol–water partition coefficient (Wildman–Crippen LogP) is 2.60. The molecule has 0 amide bonds. The van der Waals surface area contributed by atoms with Gasteiger partial charge in [0.05, 0.1) is 0 Å². The summed E-state index contributed by atoms with van der Waals surface area (Å²) in [5.41, 5.74) is 2.22. The second-order valence-electron chi connectivity index (χ2n) is 3.73. The fourth-order valence-electron chi connectivity index (χ4n) is 1.88. The van der Waals surface area contributed by atoms with Crippen molar-refractivity contribution in [2.75, 3.05) is 6.61 Å². The van der Waals surface area contributed by atoms with Crippen molar-refractivity contribution >= 4 is 0 Å². The second-order valence-corrected chi connectivity index (χ2v) is 3.73. The van der Waals surface area contributed by atoms with E-state index in [4.69, 9.17) is 5.11 Å². The molecule has 1 heterocycles. The summed E-state index contributed by atoms with van der Waals surface area (Å²) in [6.07, 6.45) is 2.50. The molecule has 0 saturated heterocycles. The average Bonchev–Trinajstić information content (AvgIpc) is 2.38. The number of aromatic nitrogens is 1. The van der Waals surface area contributed by atoms with Crippen LogP contribution < -0.4 is 0 Å². The fraction of sp³-hybridized carbons (Fsp3) is 0.214. The number of hydrogen-bond acceptors (Lipinski definition) is 2. The zero-order chi connectivity index (χ0) is 11.2.